The van der Waals surface area contributed by atoms with Crippen LogP contribution in [0.5, 0.6) is 5.75 Å². The van der Waals surface area contributed by atoms with Crippen LogP contribution >= 0.6 is 0 Å². The molecule has 0 aliphatic heterocycles. The second-order valence-electron chi connectivity index (χ2n) is 7.37. The topological polar surface area (TPSA) is 45.0 Å². The molecule has 1 N–H and O–H groups in total. The molecule has 0 fully saturated rings. The molecule has 0 aliphatic carbocycles. The van der Waals surface area contributed by atoms with Gasteiger partial charge in [0.15, 0.2) is 0 Å². The lowest BCUT2D eigenvalue weighted by molar-refractivity contribution is 0.169. The Hall–Kier alpha value is -3.61. The summed E-state index contributed by atoms with van der Waals surface area (Å²) in [7, 11) is 1.95. The van der Waals surface area contributed by atoms with E-state index in [-0.39, 0.29) is 12.1 Å². The van der Waals surface area contributed by atoms with E-state index in [9.17, 15) is 0 Å². The zero-order valence-corrected chi connectivity index (χ0v) is 17.2. The van der Waals surface area contributed by atoms with Gasteiger partial charge in [-0.2, -0.15) is 5.26 Å². The summed E-state index contributed by atoms with van der Waals surface area (Å²) in [6.07, 6.45) is -0.187. The van der Waals surface area contributed by atoms with Gasteiger partial charge in [-0.25, -0.2) is 0 Å². The average Bonchev–Trinajstić information content (AvgIpc) is 2.82. The minimum absolute atomic E-state index is 0.0866. The number of fused-ring (bicyclic) bond motifs is 1. The Balaban J connectivity index is 1.79. The highest BCUT2D eigenvalue weighted by molar-refractivity contribution is 5.88. The maximum absolute atomic E-state index is 9.12. The third kappa shape index (κ3) is 3.91. The minimum atomic E-state index is -0.187. The normalized spacial score (nSPS) is 12.8. The molecule has 30 heavy (non-hydrogen) atoms. The van der Waals surface area contributed by atoms with E-state index in [1.165, 1.54) is 0 Å². The predicted molar refractivity (Wildman–Crippen MR) is 122 cm³/mol. The summed E-state index contributed by atoms with van der Waals surface area (Å²) in [6.45, 7) is 2.13. The van der Waals surface area contributed by atoms with Crippen LogP contribution < -0.4 is 10.1 Å². The third-order valence-corrected chi connectivity index (χ3v) is 5.51. The molecule has 0 saturated heterocycles. The summed E-state index contributed by atoms with van der Waals surface area (Å²) < 4.78 is 6.66. The average molecular weight is 393 g/mol. The highest BCUT2D eigenvalue weighted by atomic mass is 16.5. The van der Waals surface area contributed by atoms with E-state index < -0.39 is 0 Å². The number of nitriles is 1. The van der Waals surface area contributed by atoms with E-state index >= 15 is 0 Å². The summed E-state index contributed by atoms with van der Waals surface area (Å²) in [5.41, 5.74) is 3.94. The second-order valence-corrected chi connectivity index (χ2v) is 7.37. The Morgan fingerprint density at radius 1 is 0.833 bits per heavy atom. The van der Waals surface area contributed by atoms with Crippen molar-refractivity contribution in [1.82, 2.24) is 5.32 Å². The Bertz CT molecular complexity index is 1190. The van der Waals surface area contributed by atoms with Crippen molar-refractivity contribution >= 4 is 10.8 Å². The first-order valence-corrected chi connectivity index (χ1v) is 10.1. The molecule has 0 bridgehead atoms. The highest BCUT2D eigenvalue weighted by Gasteiger charge is 2.24. The van der Waals surface area contributed by atoms with E-state index in [0.29, 0.717) is 5.56 Å². The molecule has 0 aliphatic rings. The van der Waals surface area contributed by atoms with Gasteiger partial charge < -0.3 is 10.1 Å². The number of hydrogen-bond acceptors (Lipinski definition) is 3. The van der Waals surface area contributed by atoms with Crippen LogP contribution in [0.4, 0.5) is 0 Å². The molecule has 3 nitrogen and oxygen atoms in total. The van der Waals surface area contributed by atoms with Crippen LogP contribution in [0.1, 0.15) is 24.2 Å². The zero-order chi connectivity index (χ0) is 20.9. The van der Waals surface area contributed by atoms with Crippen LogP contribution in [0.3, 0.4) is 0 Å². The summed E-state index contributed by atoms with van der Waals surface area (Å²) >= 11 is 0. The fourth-order valence-electron chi connectivity index (χ4n) is 3.75. The summed E-state index contributed by atoms with van der Waals surface area (Å²) in [6, 6.07) is 32.7. The fourth-order valence-corrected chi connectivity index (χ4v) is 3.75. The van der Waals surface area contributed by atoms with Crippen molar-refractivity contribution in [2.75, 3.05) is 7.05 Å². The van der Waals surface area contributed by atoms with Gasteiger partial charge in [-0.15, -0.1) is 0 Å². The molecule has 4 aromatic rings. The Labute approximate surface area is 177 Å². The first-order chi connectivity index (χ1) is 14.7. The predicted octanol–water partition coefficient (Wildman–Crippen LogP) is 6.11. The molecular formula is C27H24N2O. The molecule has 0 aromatic heterocycles. The molecule has 0 amide bonds. The quantitative estimate of drug-likeness (QED) is 0.431. The van der Waals surface area contributed by atoms with Crippen LogP contribution in [-0.2, 0) is 0 Å². The Morgan fingerprint density at radius 3 is 2.30 bits per heavy atom. The molecule has 2 atom stereocenters. The number of benzene rings is 4. The highest BCUT2D eigenvalue weighted by Crippen LogP contribution is 2.35. The first-order valence-electron chi connectivity index (χ1n) is 10.1. The zero-order valence-electron chi connectivity index (χ0n) is 17.2. The largest absolute Gasteiger partial charge is 0.483 e. The van der Waals surface area contributed by atoms with Crippen LogP contribution in [0.15, 0.2) is 91.0 Å². The van der Waals surface area contributed by atoms with Gasteiger partial charge in [-0.1, -0.05) is 72.8 Å². The molecule has 2 unspecified atom stereocenters. The van der Waals surface area contributed by atoms with Gasteiger partial charge in [0.25, 0.3) is 0 Å². The lowest BCUT2D eigenvalue weighted by Crippen LogP contribution is -2.32. The van der Waals surface area contributed by atoms with E-state index in [1.807, 2.05) is 67.7 Å². The minimum Gasteiger partial charge on any atom is -0.483 e. The van der Waals surface area contributed by atoms with Gasteiger partial charge in [0.1, 0.15) is 11.9 Å². The van der Waals surface area contributed by atoms with E-state index in [2.05, 4.69) is 48.6 Å². The summed E-state index contributed by atoms with van der Waals surface area (Å²) in [5, 5.41) is 14.7. The monoisotopic (exact) mass is 392 g/mol. The van der Waals surface area contributed by atoms with Crippen LogP contribution in [0.25, 0.3) is 21.9 Å². The van der Waals surface area contributed by atoms with Crippen LogP contribution in [0.2, 0.25) is 0 Å². The number of nitrogens with zero attached hydrogens (tertiary/aromatic N) is 1. The van der Waals surface area contributed by atoms with Gasteiger partial charge in [0, 0.05) is 17.0 Å². The third-order valence-electron chi connectivity index (χ3n) is 5.51. The SMILES string of the molecule is CNC(C)C(Oc1cccc2ccccc12)c1ccccc1-c1ccc(C#N)cc1. The molecule has 148 valence electrons. The van der Waals surface area contributed by atoms with Crippen molar-refractivity contribution in [3.8, 4) is 22.9 Å². The van der Waals surface area contributed by atoms with Crippen molar-refractivity contribution in [1.29, 1.82) is 5.26 Å². The van der Waals surface area contributed by atoms with Crippen molar-refractivity contribution in [3.63, 3.8) is 0 Å². The lowest BCUT2D eigenvalue weighted by atomic mass is 9.92. The number of ether oxygens (including phenoxy) is 1. The maximum atomic E-state index is 9.12. The summed E-state index contributed by atoms with van der Waals surface area (Å²) in [4.78, 5) is 0. The van der Waals surface area contributed by atoms with Crippen molar-refractivity contribution < 1.29 is 4.74 Å². The number of nitrogens with one attached hydrogen (secondary N) is 1. The van der Waals surface area contributed by atoms with Crippen molar-refractivity contribution in [3.05, 3.63) is 102 Å². The van der Waals surface area contributed by atoms with Crippen molar-refractivity contribution in [2.45, 2.75) is 19.1 Å². The molecule has 0 spiro atoms. The first kappa shape index (κ1) is 19.7. The number of rotatable bonds is 6. The molecular weight excluding hydrogens is 368 g/mol. The van der Waals surface area contributed by atoms with E-state index in [4.69, 9.17) is 10.00 Å². The standard InChI is InChI=1S/C27H24N2O/c1-19(29-2)27(30-26-13-7-9-21-8-3-4-11-24(21)26)25-12-6-5-10-23(25)22-16-14-20(18-28)15-17-22/h3-17,19,27,29H,1-2H3. The Morgan fingerprint density at radius 2 is 1.53 bits per heavy atom. The smallest absolute Gasteiger partial charge is 0.139 e. The van der Waals surface area contributed by atoms with Gasteiger partial charge in [0.2, 0.25) is 0 Å². The second kappa shape index (κ2) is 8.82. The lowest BCUT2D eigenvalue weighted by Gasteiger charge is -2.28. The van der Waals surface area contributed by atoms with Crippen LogP contribution in [0, 0.1) is 11.3 Å². The fraction of sp³-hybridized carbons (Fsp3) is 0.148. The maximum Gasteiger partial charge on any atom is 0.139 e. The Kier molecular flexibility index (Phi) is 5.79. The van der Waals surface area contributed by atoms with E-state index in [0.717, 1.165) is 33.2 Å². The molecule has 4 rings (SSSR count). The molecule has 0 heterocycles. The molecule has 4 aromatic carbocycles. The molecule has 0 saturated carbocycles. The number of likely N-dealkylation sites (N-methyl/N-ethyl adjacent to an activating group) is 1. The van der Waals surface area contributed by atoms with Gasteiger partial charge in [-0.05, 0) is 48.7 Å². The molecule has 3 heteroatoms. The van der Waals surface area contributed by atoms with Gasteiger partial charge in [0.05, 0.1) is 11.6 Å². The molecule has 0 radical (unpaired) electrons. The van der Waals surface area contributed by atoms with Crippen molar-refractivity contribution in [2.24, 2.45) is 0 Å². The van der Waals surface area contributed by atoms with Gasteiger partial charge in [-0.3, -0.25) is 0 Å². The van der Waals surface area contributed by atoms with Crippen LogP contribution in [-0.4, -0.2) is 13.1 Å². The summed E-state index contributed by atoms with van der Waals surface area (Å²) in [5.74, 6) is 0.870. The van der Waals surface area contributed by atoms with E-state index in [1.54, 1.807) is 0 Å². The number of hydrogen-bond donors (Lipinski definition) is 1. The van der Waals surface area contributed by atoms with Gasteiger partial charge >= 0.3 is 0 Å².